The lowest BCUT2D eigenvalue weighted by molar-refractivity contribution is 0.0689. The van der Waals surface area contributed by atoms with E-state index in [1.54, 1.807) is 36.4 Å². The number of carbonyl (C=O) groups excluding carboxylic acids is 3. The molecule has 372 valence electrons. The lowest BCUT2D eigenvalue weighted by atomic mass is 10.0. The molecule has 0 radical (unpaired) electrons. The van der Waals surface area contributed by atoms with E-state index in [1.807, 2.05) is 109 Å². The summed E-state index contributed by atoms with van der Waals surface area (Å²) in [6.07, 6.45) is 13.7. The molecule has 72 heavy (non-hydrogen) atoms. The number of rotatable bonds is 27. The van der Waals surface area contributed by atoms with Gasteiger partial charge >= 0.3 is 17.9 Å². The highest BCUT2D eigenvalue weighted by Crippen LogP contribution is 2.30. The Morgan fingerprint density at radius 3 is 0.875 bits per heavy atom. The van der Waals surface area contributed by atoms with Gasteiger partial charge in [0.15, 0.2) is 0 Å². The van der Waals surface area contributed by atoms with Gasteiger partial charge in [-0.25, -0.2) is 14.4 Å². The van der Waals surface area contributed by atoms with Crippen LogP contribution in [0.5, 0.6) is 34.5 Å². The Kier molecular flexibility index (Phi) is 20.1. The molecule has 7 aromatic carbocycles. The number of hydrogen-bond donors (Lipinski definition) is 0. The van der Waals surface area contributed by atoms with Crippen LogP contribution in [0.3, 0.4) is 0 Å². The van der Waals surface area contributed by atoms with Gasteiger partial charge in [-0.05, 0) is 144 Å². The SMILES string of the molecule is CCCCCCOc1ccc(-c2ccc(OC(=O)c3ccc(C(=O)Oc4ccc(-c5ccc(OCCCCCC)cc5)cc4)c(C(=O)Oc4ccc(-c5ccc(OCCCCCC)cc5)cc4)c3)cc2)cc1. The molecule has 0 aliphatic carbocycles. The first-order valence-electron chi connectivity index (χ1n) is 25.6. The van der Waals surface area contributed by atoms with Crippen molar-refractivity contribution in [3.63, 3.8) is 0 Å². The summed E-state index contributed by atoms with van der Waals surface area (Å²) in [5.74, 6) is 0.885. The minimum absolute atomic E-state index is 0.0360. The van der Waals surface area contributed by atoms with Gasteiger partial charge in [0, 0.05) is 0 Å². The molecule has 0 spiro atoms. The fraction of sp³-hybridized carbons (Fsp3) is 0.286. The van der Waals surface area contributed by atoms with E-state index >= 15 is 0 Å². The van der Waals surface area contributed by atoms with Crippen LogP contribution in [0, 0.1) is 0 Å². The lowest BCUT2D eigenvalue weighted by Gasteiger charge is -2.13. The van der Waals surface area contributed by atoms with Crippen LogP contribution in [-0.4, -0.2) is 37.7 Å². The fourth-order valence-corrected chi connectivity index (χ4v) is 8.04. The van der Waals surface area contributed by atoms with Crippen molar-refractivity contribution in [3.8, 4) is 67.9 Å². The first-order chi connectivity index (χ1) is 35.3. The van der Waals surface area contributed by atoms with E-state index in [0.717, 1.165) is 89.2 Å². The molecule has 9 nitrogen and oxygen atoms in total. The summed E-state index contributed by atoms with van der Waals surface area (Å²) in [5, 5.41) is 0. The monoisotopic (exact) mass is 966 g/mol. The predicted octanol–water partition coefficient (Wildman–Crippen LogP) is 16.2. The molecule has 7 rings (SSSR count). The zero-order valence-electron chi connectivity index (χ0n) is 41.9. The third-order valence-electron chi connectivity index (χ3n) is 12.3. The van der Waals surface area contributed by atoms with E-state index in [-0.39, 0.29) is 28.2 Å². The molecule has 0 heterocycles. The van der Waals surface area contributed by atoms with Crippen LogP contribution in [0.25, 0.3) is 33.4 Å². The van der Waals surface area contributed by atoms with Crippen LogP contribution in [0.1, 0.15) is 129 Å². The van der Waals surface area contributed by atoms with E-state index in [4.69, 9.17) is 28.4 Å². The Hall–Kier alpha value is -7.65. The van der Waals surface area contributed by atoms with E-state index in [1.165, 1.54) is 56.7 Å². The summed E-state index contributed by atoms with van der Waals surface area (Å²) in [6, 6.07) is 49.0. The average molecular weight is 967 g/mol. The molecule has 0 amide bonds. The molecule has 0 unspecified atom stereocenters. The van der Waals surface area contributed by atoms with Crippen molar-refractivity contribution in [3.05, 3.63) is 180 Å². The van der Waals surface area contributed by atoms with Crippen molar-refractivity contribution in [2.45, 2.75) is 97.8 Å². The Morgan fingerprint density at radius 2 is 0.569 bits per heavy atom. The maximum absolute atomic E-state index is 14.1. The van der Waals surface area contributed by atoms with Gasteiger partial charge in [0.05, 0.1) is 36.5 Å². The Bertz CT molecular complexity index is 2760. The van der Waals surface area contributed by atoms with Crippen LogP contribution in [-0.2, 0) is 0 Å². The second kappa shape index (κ2) is 27.7. The molecule has 0 aromatic heterocycles. The highest BCUT2D eigenvalue weighted by Gasteiger charge is 2.24. The molecule has 0 N–H and O–H groups in total. The highest BCUT2D eigenvalue weighted by atomic mass is 16.5. The highest BCUT2D eigenvalue weighted by molar-refractivity contribution is 6.06. The summed E-state index contributed by atoms with van der Waals surface area (Å²) in [5.41, 5.74) is 5.47. The summed E-state index contributed by atoms with van der Waals surface area (Å²) in [6.45, 7) is 8.63. The second-order valence-corrected chi connectivity index (χ2v) is 17.8. The lowest BCUT2D eigenvalue weighted by Crippen LogP contribution is -2.19. The zero-order valence-corrected chi connectivity index (χ0v) is 41.9. The molecule has 0 atom stereocenters. The van der Waals surface area contributed by atoms with Gasteiger partial charge in [-0.3, -0.25) is 0 Å². The maximum Gasteiger partial charge on any atom is 0.344 e. The third kappa shape index (κ3) is 15.7. The summed E-state index contributed by atoms with van der Waals surface area (Å²) >= 11 is 0. The van der Waals surface area contributed by atoms with Crippen LogP contribution in [0.15, 0.2) is 164 Å². The van der Waals surface area contributed by atoms with Gasteiger partial charge in [0.25, 0.3) is 0 Å². The van der Waals surface area contributed by atoms with Gasteiger partial charge in [-0.2, -0.15) is 0 Å². The average Bonchev–Trinajstić information content (AvgIpc) is 3.42. The number of ether oxygens (including phenoxy) is 6. The topological polar surface area (TPSA) is 107 Å². The first-order valence-corrected chi connectivity index (χ1v) is 25.6. The van der Waals surface area contributed by atoms with Gasteiger partial charge < -0.3 is 28.4 Å². The van der Waals surface area contributed by atoms with Crippen molar-refractivity contribution in [1.29, 1.82) is 0 Å². The number of hydrogen-bond acceptors (Lipinski definition) is 9. The fourth-order valence-electron chi connectivity index (χ4n) is 8.04. The molecule has 0 saturated heterocycles. The molecule has 0 aliphatic heterocycles. The third-order valence-corrected chi connectivity index (χ3v) is 12.3. The normalized spacial score (nSPS) is 10.9. The van der Waals surface area contributed by atoms with Gasteiger partial charge in [0.2, 0.25) is 0 Å². The van der Waals surface area contributed by atoms with Crippen molar-refractivity contribution < 1.29 is 42.8 Å². The predicted molar refractivity (Wildman–Crippen MR) is 286 cm³/mol. The minimum atomic E-state index is -0.856. The van der Waals surface area contributed by atoms with Gasteiger partial charge in [-0.15, -0.1) is 0 Å². The zero-order chi connectivity index (χ0) is 50.3. The van der Waals surface area contributed by atoms with Crippen LogP contribution in [0.2, 0.25) is 0 Å². The van der Waals surface area contributed by atoms with E-state index in [0.29, 0.717) is 25.6 Å². The van der Waals surface area contributed by atoms with Gasteiger partial charge in [0.1, 0.15) is 34.5 Å². The molecule has 7 aromatic rings. The van der Waals surface area contributed by atoms with Crippen molar-refractivity contribution in [2.24, 2.45) is 0 Å². The first kappa shape index (κ1) is 52.2. The van der Waals surface area contributed by atoms with Crippen LogP contribution < -0.4 is 28.4 Å². The molecule has 9 heteroatoms. The number of benzene rings is 7. The Morgan fingerprint density at radius 1 is 0.292 bits per heavy atom. The molecule has 0 bridgehead atoms. The molecular weight excluding hydrogens is 901 g/mol. The largest absolute Gasteiger partial charge is 0.494 e. The smallest absolute Gasteiger partial charge is 0.344 e. The number of esters is 3. The standard InChI is InChI=1S/C63H66O9/c1-4-7-10-13-42-67-53-29-16-46(17-30-53)49-22-35-56(36-23-49)70-61(64)52-28-41-59(62(65)71-57-37-24-50(25-38-57)47-18-31-54(32-19-47)68-43-14-11-8-5-2)60(45-52)63(66)72-58-39-26-51(27-40-58)48-20-33-55(34-21-48)69-44-15-12-9-6-3/h16-41,45H,4-15,42-44H2,1-3H3. The Labute approximate surface area is 425 Å². The summed E-state index contributed by atoms with van der Waals surface area (Å²) in [7, 11) is 0. The summed E-state index contributed by atoms with van der Waals surface area (Å²) in [4.78, 5) is 41.6. The molecule has 0 aliphatic rings. The summed E-state index contributed by atoms with van der Waals surface area (Å²) < 4.78 is 35.2. The van der Waals surface area contributed by atoms with E-state index < -0.39 is 17.9 Å². The van der Waals surface area contributed by atoms with Gasteiger partial charge in [-0.1, -0.05) is 151 Å². The molecule has 0 saturated carbocycles. The minimum Gasteiger partial charge on any atom is -0.494 e. The van der Waals surface area contributed by atoms with E-state index in [9.17, 15) is 14.4 Å². The Balaban J connectivity index is 1.03. The van der Waals surface area contributed by atoms with Crippen molar-refractivity contribution in [1.82, 2.24) is 0 Å². The number of unbranched alkanes of at least 4 members (excludes halogenated alkanes) is 9. The molecular formula is C63H66O9. The second-order valence-electron chi connectivity index (χ2n) is 17.8. The van der Waals surface area contributed by atoms with E-state index in [2.05, 4.69) is 20.8 Å². The number of carbonyl (C=O) groups is 3. The van der Waals surface area contributed by atoms with Crippen LogP contribution in [0.4, 0.5) is 0 Å². The van der Waals surface area contributed by atoms with Crippen molar-refractivity contribution >= 4 is 17.9 Å². The maximum atomic E-state index is 14.1. The molecule has 0 fully saturated rings. The van der Waals surface area contributed by atoms with Crippen LogP contribution >= 0.6 is 0 Å². The quantitative estimate of drug-likeness (QED) is 0.0283. The van der Waals surface area contributed by atoms with Crippen molar-refractivity contribution in [2.75, 3.05) is 19.8 Å².